The zero-order valence-electron chi connectivity index (χ0n) is 16.9. The lowest BCUT2D eigenvalue weighted by molar-refractivity contribution is -0.259. The van der Waals surface area contributed by atoms with Crippen LogP contribution in [0.4, 0.5) is 0 Å². The number of carboxylic acids is 2. The monoisotopic (exact) mass is 360 g/mol. The zero-order valence-corrected chi connectivity index (χ0v) is 16.9. The normalized spacial score (nSPS) is 13.8. The first-order chi connectivity index (χ1) is 12.0. The van der Waals surface area contributed by atoms with Crippen molar-refractivity contribution in [3.8, 4) is 0 Å². The number of hydrogen-bond donors (Lipinski definition) is 0. The van der Waals surface area contributed by atoms with E-state index in [2.05, 4.69) is 41.5 Å². The first-order valence-electron chi connectivity index (χ1n) is 9.60. The molecule has 0 bridgehead atoms. The van der Waals surface area contributed by atoms with Gasteiger partial charge < -0.3 is 19.8 Å². The number of carboxylic acid groups (broad SMARTS) is 2. The molecule has 0 saturated heterocycles. The number of hydrogen-bond acceptors (Lipinski definition) is 4. The summed E-state index contributed by atoms with van der Waals surface area (Å²) in [5, 5.41) is 23.2. The minimum Gasteiger partial charge on any atom is -0.545 e. The first-order valence-corrected chi connectivity index (χ1v) is 9.60. The van der Waals surface area contributed by atoms with Crippen molar-refractivity contribution >= 4 is 11.9 Å². The van der Waals surface area contributed by atoms with Crippen LogP contribution in [0.5, 0.6) is 0 Å². The molecule has 2 unspecified atom stereocenters. The average Bonchev–Trinajstić information content (AvgIpc) is 2.46. The van der Waals surface area contributed by atoms with Crippen molar-refractivity contribution in [2.24, 2.45) is 23.7 Å². The molecule has 0 heterocycles. The van der Waals surface area contributed by atoms with Crippen LogP contribution in [0.3, 0.4) is 0 Å². The minimum atomic E-state index is -1.47. The van der Waals surface area contributed by atoms with Gasteiger partial charge >= 0.3 is 0 Å². The highest BCUT2D eigenvalue weighted by Gasteiger charge is 2.19. The fraction of sp³-hybridized carbons (Fsp3) is 0.636. The maximum Gasteiger partial charge on any atom is 0.0724 e. The molecule has 0 radical (unpaired) electrons. The second-order valence-electron chi connectivity index (χ2n) is 8.58. The lowest BCUT2D eigenvalue weighted by atomic mass is 9.83. The van der Waals surface area contributed by atoms with Gasteiger partial charge in [0, 0.05) is 11.1 Å². The quantitative estimate of drug-likeness (QED) is 0.642. The summed E-state index contributed by atoms with van der Waals surface area (Å²) in [4.78, 5) is 23.2. The summed E-state index contributed by atoms with van der Waals surface area (Å²) in [6.07, 6.45) is 3.24. The molecule has 1 aromatic carbocycles. The molecule has 146 valence electrons. The molecule has 4 nitrogen and oxygen atoms in total. The van der Waals surface area contributed by atoms with Gasteiger partial charge in [-0.2, -0.15) is 0 Å². The SMILES string of the molecule is CC(C)CC(C)Cc1ccc(C(=O)[O-])c(C(=O)[O-])c1CC(C)CC(C)C. The molecule has 0 aromatic heterocycles. The van der Waals surface area contributed by atoms with Crippen LogP contribution >= 0.6 is 0 Å². The Balaban J connectivity index is 3.36. The van der Waals surface area contributed by atoms with Crippen molar-refractivity contribution in [1.82, 2.24) is 0 Å². The van der Waals surface area contributed by atoms with Crippen LogP contribution < -0.4 is 10.2 Å². The van der Waals surface area contributed by atoms with Gasteiger partial charge in [-0.15, -0.1) is 0 Å². The largest absolute Gasteiger partial charge is 0.545 e. The van der Waals surface area contributed by atoms with Crippen LogP contribution in [-0.4, -0.2) is 11.9 Å². The van der Waals surface area contributed by atoms with E-state index in [1.54, 1.807) is 6.07 Å². The number of aromatic carboxylic acids is 2. The molecule has 1 aromatic rings. The molecule has 0 aliphatic heterocycles. The van der Waals surface area contributed by atoms with E-state index in [0.717, 1.165) is 24.8 Å². The summed E-state index contributed by atoms with van der Waals surface area (Å²) in [5.41, 5.74) is 1.04. The van der Waals surface area contributed by atoms with Gasteiger partial charge in [0.15, 0.2) is 0 Å². The molecule has 4 heteroatoms. The second-order valence-corrected chi connectivity index (χ2v) is 8.58. The molecule has 0 saturated carbocycles. The molecule has 2 atom stereocenters. The van der Waals surface area contributed by atoms with E-state index < -0.39 is 11.9 Å². The number of carbonyl (C=O) groups is 2. The summed E-state index contributed by atoms with van der Waals surface area (Å²) in [5.74, 6) is -1.22. The average molecular weight is 360 g/mol. The Morgan fingerprint density at radius 1 is 0.808 bits per heavy atom. The van der Waals surface area contributed by atoms with E-state index in [-0.39, 0.29) is 17.0 Å². The van der Waals surface area contributed by atoms with E-state index in [1.165, 1.54) is 6.07 Å². The van der Waals surface area contributed by atoms with Gasteiger partial charge in [0.1, 0.15) is 0 Å². The standard InChI is InChI=1S/C22H34O4/c1-13(2)9-15(5)11-17-7-8-18(21(23)24)20(22(25)26)19(17)12-16(6)10-14(3)4/h7-8,13-16H,9-12H2,1-6H3,(H,23,24)(H,25,26)/p-2. The third-order valence-electron chi connectivity index (χ3n) is 4.70. The van der Waals surface area contributed by atoms with Crippen molar-refractivity contribution in [3.05, 3.63) is 34.4 Å². The van der Waals surface area contributed by atoms with Crippen molar-refractivity contribution in [1.29, 1.82) is 0 Å². The first kappa shape index (κ1) is 22.2. The van der Waals surface area contributed by atoms with Crippen LogP contribution in [0.1, 0.15) is 86.2 Å². The third-order valence-corrected chi connectivity index (χ3v) is 4.70. The van der Waals surface area contributed by atoms with E-state index in [9.17, 15) is 19.8 Å². The van der Waals surface area contributed by atoms with E-state index in [1.807, 2.05) is 0 Å². The highest BCUT2D eigenvalue weighted by Crippen LogP contribution is 2.28. The molecular formula is C22H32O4-2. The lowest BCUT2D eigenvalue weighted by Crippen LogP contribution is -2.32. The molecular weight excluding hydrogens is 328 g/mol. The summed E-state index contributed by atoms with van der Waals surface area (Å²) in [6.45, 7) is 12.8. The Bertz CT molecular complexity index is 631. The third kappa shape index (κ3) is 6.47. The topological polar surface area (TPSA) is 80.3 Å². The maximum atomic E-state index is 11.8. The fourth-order valence-corrected chi connectivity index (χ4v) is 4.02. The minimum absolute atomic E-state index is 0.199. The Hall–Kier alpha value is -1.84. The van der Waals surface area contributed by atoms with Crippen LogP contribution in [-0.2, 0) is 12.8 Å². The zero-order chi connectivity index (χ0) is 20.0. The van der Waals surface area contributed by atoms with Gasteiger partial charge in [-0.05, 0) is 60.5 Å². The molecule has 0 fully saturated rings. The van der Waals surface area contributed by atoms with E-state index in [4.69, 9.17) is 0 Å². The van der Waals surface area contributed by atoms with Crippen LogP contribution in [0.25, 0.3) is 0 Å². The Labute approximate surface area is 157 Å². The Kier molecular flexibility index (Phi) is 8.32. The molecule has 0 aliphatic rings. The molecule has 0 aliphatic carbocycles. The summed E-state index contributed by atoms with van der Waals surface area (Å²) < 4.78 is 0. The van der Waals surface area contributed by atoms with Crippen molar-refractivity contribution in [3.63, 3.8) is 0 Å². The molecule has 0 spiro atoms. The number of carbonyl (C=O) groups excluding carboxylic acids is 2. The predicted octanol–water partition coefficient (Wildman–Crippen LogP) is 2.86. The highest BCUT2D eigenvalue weighted by atomic mass is 16.4. The van der Waals surface area contributed by atoms with Gasteiger partial charge in [0.2, 0.25) is 0 Å². The van der Waals surface area contributed by atoms with Crippen LogP contribution in [0, 0.1) is 23.7 Å². The van der Waals surface area contributed by atoms with Gasteiger partial charge in [-0.25, -0.2) is 0 Å². The highest BCUT2D eigenvalue weighted by molar-refractivity contribution is 6.01. The van der Waals surface area contributed by atoms with Crippen molar-refractivity contribution in [2.45, 2.75) is 67.2 Å². The van der Waals surface area contributed by atoms with Crippen LogP contribution in [0.15, 0.2) is 12.1 Å². The van der Waals surface area contributed by atoms with Gasteiger partial charge in [-0.1, -0.05) is 53.7 Å². The lowest BCUT2D eigenvalue weighted by Gasteiger charge is -2.25. The number of rotatable bonds is 10. The molecule has 0 amide bonds. The summed E-state index contributed by atoms with van der Waals surface area (Å²) in [7, 11) is 0. The predicted molar refractivity (Wildman–Crippen MR) is 99.7 cm³/mol. The number of benzene rings is 1. The van der Waals surface area contributed by atoms with Crippen LogP contribution in [0.2, 0.25) is 0 Å². The smallest absolute Gasteiger partial charge is 0.0724 e. The Morgan fingerprint density at radius 3 is 1.73 bits per heavy atom. The molecule has 1 rings (SSSR count). The summed E-state index contributed by atoms with van der Waals surface area (Å²) >= 11 is 0. The summed E-state index contributed by atoms with van der Waals surface area (Å²) in [6, 6.07) is 3.11. The Morgan fingerprint density at radius 2 is 1.31 bits per heavy atom. The second kappa shape index (κ2) is 9.75. The van der Waals surface area contributed by atoms with Crippen molar-refractivity contribution < 1.29 is 19.8 Å². The van der Waals surface area contributed by atoms with E-state index in [0.29, 0.717) is 29.7 Å². The van der Waals surface area contributed by atoms with Gasteiger partial charge in [-0.3, -0.25) is 0 Å². The van der Waals surface area contributed by atoms with Gasteiger partial charge in [0.25, 0.3) is 0 Å². The maximum absolute atomic E-state index is 11.8. The van der Waals surface area contributed by atoms with E-state index >= 15 is 0 Å². The van der Waals surface area contributed by atoms with Crippen molar-refractivity contribution in [2.75, 3.05) is 0 Å². The molecule has 0 N–H and O–H groups in total. The fourth-order valence-electron chi connectivity index (χ4n) is 4.02. The molecule has 26 heavy (non-hydrogen) atoms. The van der Waals surface area contributed by atoms with Gasteiger partial charge in [0.05, 0.1) is 11.9 Å².